The summed E-state index contributed by atoms with van der Waals surface area (Å²) in [6.45, 7) is 2.74. The molecule has 0 unspecified atom stereocenters. The van der Waals surface area contributed by atoms with Crippen molar-refractivity contribution in [3.8, 4) is 0 Å². The molecule has 2 rings (SSSR count). The summed E-state index contributed by atoms with van der Waals surface area (Å²) >= 11 is 1.03. The SMILES string of the molecule is Cc1ccc(NC(=O)CS[C@H](C)C(=O)OCC(=O)Nc2cc([N+](=O)[O-])ccc2F)cc1. The molecule has 31 heavy (non-hydrogen) atoms. The van der Waals surface area contributed by atoms with Crippen LogP contribution in [-0.4, -0.2) is 40.3 Å². The van der Waals surface area contributed by atoms with E-state index in [-0.39, 0.29) is 11.7 Å². The van der Waals surface area contributed by atoms with Crippen LogP contribution in [0.4, 0.5) is 21.5 Å². The minimum absolute atomic E-state index is 0.00473. The van der Waals surface area contributed by atoms with Crippen LogP contribution < -0.4 is 10.6 Å². The van der Waals surface area contributed by atoms with Crippen LogP contribution in [-0.2, 0) is 19.1 Å². The Bertz CT molecular complexity index is 983. The van der Waals surface area contributed by atoms with Gasteiger partial charge in [0.05, 0.1) is 16.4 Å². The molecule has 9 nitrogen and oxygen atoms in total. The Hall–Kier alpha value is -3.47. The number of nitro groups is 1. The molecule has 0 fully saturated rings. The van der Waals surface area contributed by atoms with E-state index in [1.807, 2.05) is 19.1 Å². The molecule has 0 radical (unpaired) electrons. The summed E-state index contributed by atoms with van der Waals surface area (Å²) in [6.07, 6.45) is 0. The van der Waals surface area contributed by atoms with Crippen molar-refractivity contribution in [2.24, 2.45) is 0 Å². The molecular weight excluding hydrogens is 429 g/mol. The first-order valence-electron chi connectivity index (χ1n) is 9.04. The van der Waals surface area contributed by atoms with Gasteiger partial charge >= 0.3 is 5.97 Å². The first-order chi connectivity index (χ1) is 14.7. The first-order valence-corrected chi connectivity index (χ1v) is 10.1. The lowest BCUT2D eigenvalue weighted by molar-refractivity contribution is -0.384. The van der Waals surface area contributed by atoms with Gasteiger partial charge in [0.25, 0.3) is 11.6 Å². The maximum Gasteiger partial charge on any atom is 0.319 e. The maximum absolute atomic E-state index is 13.7. The molecule has 11 heteroatoms. The number of esters is 1. The van der Waals surface area contributed by atoms with Crippen LogP contribution in [0.15, 0.2) is 42.5 Å². The van der Waals surface area contributed by atoms with E-state index >= 15 is 0 Å². The molecular formula is C20H20FN3O6S. The summed E-state index contributed by atoms with van der Waals surface area (Å²) in [5.74, 6) is -2.76. The van der Waals surface area contributed by atoms with Crippen molar-refractivity contribution >= 4 is 46.6 Å². The van der Waals surface area contributed by atoms with Crippen LogP contribution in [0.25, 0.3) is 0 Å². The summed E-state index contributed by atoms with van der Waals surface area (Å²) in [6, 6.07) is 9.90. The standard InChI is InChI=1S/C20H20FN3O6S/c1-12-3-5-14(6-4-12)22-19(26)11-31-13(2)20(27)30-10-18(25)23-17-9-15(24(28)29)7-8-16(17)21/h3-9,13H,10-11H2,1-2H3,(H,22,26)(H,23,25)/t13-/m1/s1. The van der Waals surface area contributed by atoms with Gasteiger partial charge in [-0.05, 0) is 32.0 Å². The van der Waals surface area contributed by atoms with E-state index < -0.39 is 45.8 Å². The number of hydrogen-bond acceptors (Lipinski definition) is 7. The molecule has 164 valence electrons. The first kappa shape index (κ1) is 23.8. The van der Waals surface area contributed by atoms with E-state index in [0.29, 0.717) is 5.69 Å². The second-order valence-corrected chi connectivity index (χ2v) is 7.77. The van der Waals surface area contributed by atoms with Gasteiger partial charge in [0.2, 0.25) is 5.91 Å². The lowest BCUT2D eigenvalue weighted by Crippen LogP contribution is -2.26. The molecule has 0 heterocycles. The molecule has 2 amide bonds. The van der Waals surface area contributed by atoms with E-state index in [1.54, 1.807) is 12.1 Å². The van der Waals surface area contributed by atoms with Crippen molar-refractivity contribution in [2.45, 2.75) is 19.1 Å². The molecule has 0 spiro atoms. The lowest BCUT2D eigenvalue weighted by Gasteiger charge is -2.12. The van der Waals surface area contributed by atoms with Gasteiger partial charge < -0.3 is 15.4 Å². The van der Waals surface area contributed by atoms with E-state index in [2.05, 4.69) is 10.6 Å². The zero-order valence-electron chi connectivity index (χ0n) is 16.7. The topological polar surface area (TPSA) is 128 Å². The van der Waals surface area contributed by atoms with Crippen LogP contribution in [0.1, 0.15) is 12.5 Å². The fraction of sp³-hybridized carbons (Fsp3) is 0.250. The number of thioether (sulfide) groups is 1. The average molecular weight is 449 g/mol. The molecule has 0 aromatic heterocycles. The van der Waals surface area contributed by atoms with Gasteiger partial charge in [0.15, 0.2) is 6.61 Å². The Morgan fingerprint density at radius 3 is 2.45 bits per heavy atom. The highest BCUT2D eigenvalue weighted by atomic mass is 32.2. The Morgan fingerprint density at radius 1 is 1.13 bits per heavy atom. The molecule has 0 saturated heterocycles. The normalized spacial score (nSPS) is 11.3. The van der Waals surface area contributed by atoms with Crippen molar-refractivity contribution < 1.29 is 28.4 Å². The summed E-state index contributed by atoms with van der Waals surface area (Å²) in [7, 11) is 0. The predicted octanol–water partition coefficient (Wildman–Crippen LogP) is 3.28. The van der Waals surface area contributed by atoms with Gasteiger partial charge in [-0.1, -0.05) is 17.7 Å². The van der Waals surface area contributed by atoms with Gasteiger partial charge in [-0.15, -0.1) is 11.8 Å². The van der Waals surface area contributed by atoms with E-state index in [4.69, 9.17) is 4.74 Å². The number of carbonyl (C=O) groups is 3. The molecule has 1 atom stereocenters. The summed E-state index contributed by atoms with van der Waals surface area (Å²) in [5, 5.41) is 14.8. The highest BCUT2D eigenvalue weighted by molar-refractivity contribution is 8.01. The van der Waals surface area contributed by atoms with Crippen LogP contribution in [0.5, 0.6) is 0 Å². The number of aryl methyl sites for hydroxylation is 1. The molecule has 0 saturated carbocycles. The maximum atomic E-state index is 13.7. The summed E-state index contributed by atoms with van der Waals surface area (Å²) in [5.41, 5.74) is 0.894. The number of nitrogens with one attached hydrogen (secondary N) is 2. The molecule has 0 aliphatic heterocycles. The number of amides is 2. The number of rotatable bonds is 9. The number of carbonyl (C=O) groups excluding carboxylic acids is 3. The fourth-order valence-electron chi connectivity index (χ4n) is 2.27. The summed E-state index contributed by atoms with van der Waals surface area (Å²) in [4.78, 5) is 45.8. The van der Waals surface area contributed by atoms with Crippen molar-refractivity contribution in [1.82, 2.24) is 0 Å². The number of nitro benzene ring substituents is 1. The average Bonchev–Trinajstić information content (AvgIpc) is 2.73. The predicted molar refractivity (Wildman–Crippen MR) is 114 cm³/mol. The fourth-order valence-corrected chi connectivity index (χ4v) is 2.94. The quantitative estimate of drug-likeness (QED) is 0.342. The number of ether oxygens (including phenoxy) is 1. The summed E-state index contributed by atoms with van der Waals surface area (Å²) < 4.78 is 18.5. The second kappa shape index (κ2) is 11.1. The third-order valence-corrected chi connectivity index (χ3v) is 5.03. The third kappa shape index (κ3) is 7.70. The number of nitrogens with zero attached hydrogens (tertiary/aromatic N) is 1. The smallest absolute Gasteiger partial charge is 0.319 e. The largest absolute Gasteiger partial charge is 0.455 e. The zero-order valence-corrected chi connectivity index (χ0v) is 17.5. The highest BCUT2D eigenvalue weighted by Crippen LogP contribution is 2.21. The third-order valence-electron chi connectivity index (χ3n) is 3.91. The molecule has 2 aromatic rings. The van der Waals surface area contributed by atoms with E-state index in [9.17, 15) is 28.9 Å². The molecule has 2 N–H and O–H groups in total. The van der Waals surface area contributed by atoms with Crippen molar-refractivity contribution in [1.29, 1.82) is 0 Å². The van der Waals surface area contributed by atoms with Gasteiger partial charge in [-0.2, -0.15) is 0 Å². The van der Waals surface area contributed by atoms with Crippen molar-refractivity contribution in [2.75, 3.05) is 23.0 Å². The Balaban J connectivity index is 1.76. The van der Waals surface area contributed by atoms with Crippen LogP contribution in [0.3, 0.4) is 0 Å². The van der Waals surface area contributed by atoms with Crippen LogP contribution >= 0.6 is 11.8 Å². The number of benzene rings is 2. The monoisotopic (exact) mass is 449 g/mol. The van der Waals surface area contributed by atoms with E-state index in [0.717, 1.165) is 35.5 Å². The van der Waals surface area contributed by atoms with Gasteiger partial charge in [-0.3, -0.25) is 24.5 Å². The Kier molecular flexibility index (Phi) is 8.50. The van der Waals surface area contributed by atoms with Gasteiger partial charge in [0.1, 0.15) is 11.1 Å². The number of non-ortho nitro benzene ring substituents is 1. The lowest BCUT2D eigenvalue weighted by atomic mass is 10.2. The second-order valence-electron chi connectivity index (χ2n) is 6.44. The number of anilines is 2. The van der Waals surface area contributed by atoms with Crippen LogP contribution in [0.2, 0.25) is 0 Å². The van der Waals surface area contributed by atoms with Gasteiger partial charge in [0, 0.05) is 17.8 Å². The number of halogens is 1. The number of hydrogen-bond donors (Lipinski definition) is 2. The zero-order chi connectivity index (χ0) is 23.0. The van der Waals surface area contributed by atoms with E-state index in [1.165, 1.54) is 6.92 Å². The molecule has 0 aliphatic carbocycles. The highest BCUT2D eigenvalue weighted by Gasteiger charge is 2.19. The Labute approximate surface area is 181 Å². The van der Waals surface area contributed by atoms with Gasteiger partial charge in [-0.25, -0.2) is 4.39 Å². The minimum atomic E-state index is -0.867. The minimum Gasteiger partial charge on any atom is -0.455 e. The van der Waals surface area contributed by atoms with Crippen molar-refractivity contribution in [3.63, 3.8) is 0 Å². The van der Waals surface area contributed by atoms with Crippen LogP contribution in [0, 0.1) is 22.9 Å². The Morgan fingerprint density at radius 2 is 1.81 bits per heavy atom. The molecule has 0 aliphatic rings. The molecule has 0 bridgehead atoms. The molecule has 2 aromatic carbocycles. The van der Waals surface area contributed by atoms with Crippen molar-refractivity contribution in [3.05, 3.63) is 64.0 Å².